The van der Waals surface area contributed by atoms with Crippen molar-refractivity contribution in [2.75, 3.05) is 7.05 Å². The van der Waals surface area contributed by atoms with Gasteiger partial charge in [0.1, 0.15) is 6.10 Å². The summed E-state index contributed by atoms with van der Waals surface area (Å²) in [6, 6.07) is 10.4. The lowest BCUT2D eigenvalue weighted by atomic mass is 10.0. The van der Waals surface area contributed by atoms with Gasteiger partial charge < -0.3 is 14.8 Å². The van der Waals surface area contributed by atoms with E-state index in [2.05, 4.69) is 5.16 Å². The summed E-state index contributed by atoms with van der Waals surface area (Å²) in [5, 5.41) is 11.9. The Bertz CT molecular complexity index is 364. The van der Waals surface area contributed by atoms with E-state index >= 15 is 0 Å². The highest BCUT2D eigenvalue weighted by molar-refractivity contribution is 5.75. The topological polar surface area (TPSA) is 45.1 Å². The van der Waals surface area contributed by atoms with Crippen molar-refractivity contribution in [1.29, 1.82) is 0 Å². The van der Waals surface area contributed by atoms with E-state index in [0.29, 0.717) is 0 Å². The van der Waals surface area contributed by atoms with Crippen LogP contribution in [0.15, 0.2) is 35.5 Å². The largest absolute Gasteiger partial charge is 0.453 e. The quantitative estimate of drug-likeness (QED) is 0.563. The number of nitrogens with zero attached hydrogens (tertiary/aromatic N) is 2. The number of oxime groups is 1. The zero-order chi connectivity index (χ0) is 10.8. The maximum absolute atomic E-state index is 8.74. The second-order valence-electron chi connectivity index (χ2n) is 3.68. The van der Waals surface area contributed by atoms with Crippen LogP contribution in [-0.4, -0.2) is 29.2 Å². The molecule has 0 aromatic heterocycles. The molecule has 1 fully saturated rings. The van der Waals surface area contributed by atoms with Gasteiger partial charge in [-0.05, 0) is 17.6 Å². The molecular formula is C11H14N2O2. The number of ether oxygens (including phenoxy) is 1. The molecule has 0 amide bonds. The second kappa shape index (κ2) is 3.81. The smallest absolute Gasteiger partial charge is 0.327 e. The summed E-state index contributed by atoms with van der Waals surface area (Å²) < 4.78 is 5.55. The molecule has 1 heterocycles. The summed E-state index contributed by atoms with van der Waals surface area (Å²) in [4.78, 5) is 1.82. The fourth-order valence-corrected chi connectivity index (χ4v) is 1.76. The molecule has 0 radical (unpaired) electrons. The molecule has 0 bridgehead atoms. The minimum absolute atomic E-state index is 0.0675. The molecule has 80 valence electrons. The summed E-state index contributed by atoms with van der Waals surface area (Å²) >= 11 is 0. The van der Waals surface area contributed by atoms with Crippen molar-refractivity contribution in [3.05, 3.63) is 35.9 Å². The summed E-state index contributed by atoms with van der Waals surface area (Å²) in [6.45, 7) is 2.04. The van der Waals surface area contributed by atoms with E-state index in [-0.39, 0.29) is 18.2 Å². The lowest BCUT2D eigenvalue weighted by molar-refractivity contribution is 0.192. The predicted octanol–water partition coefficient (Wildman–Crippen LogP) is 1.82. The molecule has 1 aliphatic heterocycles. The zero-order valence-electron chi connectivity index (χ0n) is 8.79. The number of likely N-dealkylation sites (N-methyl/N-ethyl adjacent to an activating group) is 1. The average Bonchev–Trinajstić information content (AvgIpc) is 2.57. The average molecular weight is 206 g/mol. The SMILES string of the molecule is CC1C(c2ccccc2)OC(=NO)N1C. The van der Waals surface area contributed by atoms with Gasteiger partial charge in [0.15, 0.2) is 0 Å². The van der Waals surface area contributed by atoms with E-state index in [0.717, 1.165) is 5.56 Å². The number of rotatable bonds is 1. The van der Waals surface area contributed by atoms with Gasteiger partial charge in [0.2, 0.25) is 0 Å². The van der Waals surface area contributed by atoms with Crippen LogP contribution in [0, 0.1) is 0 Å². The minimum atomic E-state index is -0.0675. The van der Waals surface area contributed by atoms with E-state index < -0.39 is 0 Å². The normalized spacial score (nSPS) is 28.1. The first kappa shape index (κ1) is 9.83. The Morgan fingerprint density at radius 3 is 2.53 bits per heavy atom. The fourth-order valence-electron chi connectivity index (χ4n) is 1.76. The highest BCUT2D eigenvalue weighted by Gasteiger charge is 2.35. The Balaban J connectivity index is 2.26. The van der Waals surface area contributed by atoms with Crippen LogP contribution < -0.4 is 0 Å². The van der Waals surface area contributed by atoms with Crippen molar-refractivity contribution in [2.24, 2.45) is 5.16 Å². The Morgan fingerprint density at radius 2 is 2.00 bits per heavy atom. The van der Waals surface area contributed by atoms with Gasteiger partial charge in [-0.3, -0.25) is 0 Å². The van der Waals surface area contributed by atoms with Gasteiger partial charge in [-0.25, -0.2) is 0 Å². The summed E-state index contributed by atoms with van der Waals surface area (Å²) in [5.74, 6) is 0. The molecule has 2 atom stereocenters. The van der Waals surface area contributed by atoms with Crippen LogP contribution in [0.2, 0.25) is 0 Å². The second-order valence-corrected chi connectivity index (χ2v) is 3.68. The predicted molar refractivity (Wildman–Crippen MR) is 56.7 cm³/mol. The molecular weight excluding hydrogens is 192 g/mol. The molecule has 2 rings (SSSR count). The summed E-state index contributed by atoms with van der Waals surface area (Å²) in [5.41, 5.74) is 1.09. The van der Waals surface area contributed by atoms with Crippen molar-refractivity contribution < 1.29 is 9.94 Å². The lowest BCUT2D eigenvalue weighted by Gasteiger charge is -2.16. The number of benzene rings is 1. The van der Waals surface area contributed by atoms with Gasteiger partial charge in [0.25, 0.3) is 0 Å². The van der Waals surface area contributed by atoms with E-state index in [1.807, 2.05) is 49.2 Å². The molecule has 1 N–H and O–H groups in total. The van der Waals surface area contributed by atoms with E-state index in [1.165, 1.54) is 0 Å². The van der Waals surface area contributed by atoms with Gasteiger partial charge in [-0.2, -0.15) is 0 Å². The first-order valence-corrected chi connectivity index (χ1v) is 4.90. The minimum Gasteiger partial charge on any atom is -0.453 e. The van der Waals surface area contributed by atoms with E-state index in [1.54, 1.807) is 0 Å². The van der Waals surface area contributed by atoms with E-state index in [9.17, 15) is 0 Å². The van der Waals surface area contributed by atoms with Crippen molar-refractivity contribution in [1.82, 2.24) is 4.90 Å². The third-order valence-corrected chi connectivity index (χ3v) is 2.80. The van der Waals surface area contributed by atoms with Crippen LogP contribution in [0.1, 0.15) is 18.6 Å². The van der Waals surface area contributed by atoms with Gasteiger partial charge in [0, 0.05) is 7.05 Å². The standard InChI is InChI=1S/C11H14N2O2/c1-8-10(9-6-4-3-5-7-9)15-11(12-14)13(8)2/h3-8,10,14H,1-2H3. The van der Waals surface area contributed by atoms with Crippen LogP contribution >= 0.6 is 0 Å². The molecule has 4 nitrogen and oxygen atoms in total. The first-order valence-electron chi connectivity index (χ1n) is 4.90. The molecule has 0 spiro atoms. The summed E-state index contributed by atoms with van der Waals surface area (Å²) in [6.07, 6.45) is -0.0675. The summed E-state index contributed by atoms with van der Waals surface area (Å²) in [7, 11) is 1.85. The molecule has 4 heteroatoms. The van der Waals surface area contributed by atoms with Crippen molar-refractivity contribution in [3.63, 3.8) is 0 Å². The Hall–Kier alpha value is -1.71. The van der Waals surface area contributed by atoms with Crippen molar-refractivity contribution >= 4 is 6.02 Å². The van der Waals surface area contributed by atoms with Gasteiger partial charge in [0.05, 0.1) is 6.04 Å². The van der Waals surface area contributed by atoms with Crippen LogP contribution in [0.5, 0.6) is 0 Å². The molecule has 1 aromatic carbocycles. The molecule has 1 saturated heterocycles. The monoisotopic (exact) mass is 206 g/mol. The molecule has 0 aliphatic carbocycles. The highest BCUT2D eigenvalue weighted by atomic mass is 16.6. The highest BCUT2D eigenvalue weighted by Crippen LogP contribution is 2.30. The van der Waals surface area contributed by atoms with E-state index in [4.69, 9.17) is 9.94 Å². The third-order valence-electron chi connectivity index (χ3n) is 2.80. The van der Waals surface area contributed by atoms with Crippen LogP contribution in [0.25, 0.3) is 0 Å². The fraction of sp³-hybridized carbons (Fsp3) is 0.364. The van der Waals surface area contributed by atoms with Gasteiger partial charge in [-0.1, -0.05) is 30.3 Å². The van der Waals surface area contributed by atoms with Crippen LogP contribution in [0.3, 0.4) is 0 Å². The van der Waals surface area contributed by atoms with Crippen molar-refractivity contribution in [3.8, 4) is 0 Å². The molecule has 15 heavy (non-hydrogen) atoms. The number of hydrogen-bond acceptors (Lipinski definition) is 3. The van der Waals surface area contributed by atoms with Gasteiger partial charge >= 0.3 is 6.02 Å². The van der Waals surface area contributed by atoms with Crippen LogP contribution in [-0.2, 0) is 4.74 Å². The Labute approximate surface area is 88.8 Å². The molecule has 1 aromatic rings. The van der Waals surface area contributed by atoms with Crippen molar-refractivity contribution in [2.45, 2.75) is 19.1 Å². The Morgan fingerprint density at radius 1 is 1.33 bits per heavy atom. The molecule has 2 unspecified atom stereocenters. The van der Waals surface area contributed by atoms with Gasteiger partial charge in [-0.15, -0.1) is 0 Å². The maximum atomic E-state index is 8.74. The molecule has 1 aliphatic rings. The maximum Gasteiger partial charge on any atom is 0.327 e. The lowest BCUT2D eigenvalue weighted by Crippen LogP contribution is -2.28. The zero-order valence-corrected chi connectivity index (χ0v) is 8.79. The first-order chi connectivity index (χ1) is 7.24. The Kier molecular flexibility index (Phi) is 2.49. The van der Waals surface area contributed by atoms with Crippen LogP contribution in [0.4, 0.5) is 0 Å². The molecule has 0 saturated carbocycles. The number of hydrogen-bond donors (Lipinski definition) is 1. The number of amidine groups is 1. The third kappa shape index (κ3) is 1.63.